The largest absolute Gasteiger partial charge is 0.488 e. The summed E-state index contributed by atoms with van der Waals surface area (Å²) in [5, 5.41) is 23.5. The fourth-order valence-corrected chi connectivity index (χ4v) is 10.9. The lowest BCUT2D eigenvalue weighted by Gasteiger charge is -2.42. The summed E-state index contributed by atoms with van der Waals surface area (Å²) < 4.78 is 36.3. The Hall–Kier alpha value is -4.31. The average molecular weight is 990 g/mol. The lowest BCUT2D eigenvalue weighted by Crippen LogP contribution is -2.61. The van der Waals surface area contributed by atoms with E-state index in [1.807, 2.05) is 88.4 Å². The van der Waals surface area contributed by atoms with Gasteiger partial charge >= 0.3 is 5.97 Å². The van der Waals surface area contributed by atoms with Crippen molar-refractivity contribution in [2.24, 2.45) is 35.5 Å². The van der Waals surface area contributed by atoms with Crippen LogP contribution in [0.2, 0.25) is 0 Å². The van der Waals surface area contributed by atoms with E-state index in [0.29, 0.717) is 56.9 Å². The van der Waals surface area contributed by atoms with Gasteiger partial charge in [0.2, 0.25) is 5.79 Å². The van der Waals surface area contributed by atoms with Gasteiger partial charge in [0.25, 0.3) is 11.7 Å². The molecule has 1 saturated carbocycles. The molecule has 3 fully saturated rings. The van der Waals surface area contributed by atoms with Crippen LogP contribution in [0.3, 0.4) is 0 Å². The number of nitrogens with zero attached hydrogens (tertiary/aromatic N) is 1. The van der Waals surface area contributed by atoms with Crippen molar-refractivity contribution in [3.05, 3.63) is 77.9 Å². The van der Waals surface area contributed by atoms with E-state index in [2.05, 4.69) is 0 Å². The van der Waals surface area contributed by atoms with Gasteiger partial charge in [0.1, 0.15) is 42.0 Å². The number of fused-ring (bicyclic) bond motifs is 3. The molecule has 14 heteroatoms. The van der Waals surface area contributed by atoms with E-state index in [4.69, 9.17) is 28.4 Å². The Balaban J connectivity index is 1.45. The van der Waals surface area contributed by atoms with Gasteiger partial charge in [-0.2, -0.15) is 0 Å². The number of esters is 1. The number of rotatable bonds is 8. The molecule has 2 saturated heterocycles. The number of allylic oxidation sites excluding steroid dienone is 6. The molecule has 0 aromatic heterocycles. The van der Waals surface area contributed by atoms with Gasteiger partial charge in [0.05, 0.1) is 18.3 Å². The maximum Gasteiger partial charge on any atom is 0.329 e. The second kappa shape index (κ2) is 27.1. The smallest absolute Gasteiger partial charge is 0.329 e. The highest BCUT2D eigenvalue weighted by Gasteiger charge is 2.53. The summed E-state index contributed by atoms with van der Waals surface area (Å²) >= 11 is 0. The molecule has 1 aliphatic carbocycles. The number of hydrogen-bond donors (Lipinski definition) is 2. The first-order valence-electron chi connectivity index (χ1n) is 26.0. The van der Waals surface area contributed by atoms with Gasteiger partial charge in [-0.1, -0.05) is 89.3 Å². The number of piperidine rings is 1. The molecule has 15 atom stereocenters. The monoisotopic (exact) mass is 990 g/mol. The number of benzene rings is 1. The molecular formula is C57H83NO13. The van der Waals surface area contributed by atoms with Gasteiger partial charge in [-0.25, -0.2) is 4.79 Å². The average Bonchev–Trinajstić information content (AvgIpc) is 3.36. The van der Waals surface area contributed by atoms with Crippen LogP contribution >= 0.6 is 0 Å². The Labute approximate surface area is 422 Å². The van der Waals surface area contributed by atoms with Crippen LogP contribution in [-0.4, -0.2) is 127 Å². The molecule has 2 bridgehead atoms. The third-order valence-electron chi connectivity index (χ3n) is 15.5. The number of aliphatic hydroxyl groups excluding tert-OH is 1. The normalized spacial score (nSPS) is 37.9. The van der Waals surface area contributed by atoms with E-state index in [0.717, 1.165) is 24.2 Å². The Morgan fingerprint density at radius 2 is 1.55 bits per heavy atom. The number of aliphatic hydroxyl groups is 2. The highest BCUT2D eigenvalue weighted by molar-refractivity contribution is 6.39. The lowest BCUT2D eigenvalue weighted by molar-refractivity contribution is -0.265. The fraction of sp³-hybridized carbons (Fsp3) is 0.667. The number of carbonyl (C=O) groups is 5. The van der Waals surface area contributed by atoms with Crippen molar-refractivity contribution in [3.8, 4) is 5.75 Å². The topological polar surface area (TPSA) is 184 Å². The predicted molar refractivity (Wildman–Crippen MR) is 270 cm³/mol. The number of cyclic esters (lactones) is 1. The predicted octanol–water partition coefficient (Wildman–Crippen LogP) is 8.27. The first kappa shape index (κ1) is 57.6. The molecule has 71 heavy (non-hydrogen) atoms. The van der Waals surface area contributed by atoms with Crippen molar-refractivity contribution in [1.29, 1.82) is 0 Å². The van der Waals surface area contributed by atoms with Crippen LogP contribution in [-0.2, 0) is 47.7 Å². The molecule has 2 N–H and O–H groups in total. The van der Waals surface area contributed by atoms with Crippen molar-refractivity contribution >= 4 is 29.2 Å². The fourth-order valence-electron chi connectivity index (χ4n) is 10.9. The van der Waals surface area contributed by atoms with Gasteiger partial charge in [0.15, 0.2) is 5.78 Å². The lowest BCUT2D eigenvalue weighted by atomic mass is 9.78. The molecule has 394 valence electrons. The van der Waals surface area contributed by atoms with E-state index in [1.165, 1.54) is 12.0 Å². The van der Waals surface area contributed by atoms with E-state index < -0.39 is 77.8 Å². The number of hydrogen-bond acceptors (Lipinski definition) is 13. The second-order valence-electron chi connectivity index (χ2n) is 21.0. The van der Waals surface area contributed by atoms with Crippen LogP contribution in [0.4, 0.5) is 0 Å². The van der Waals surface area contributed by atoms with E-state index in [1.54, 1.807) is 41.1 Å². The summed E-state index contributed by atoms with van der Waals surface area (Å²) in [6.45, 7) is 12.9. The summed E-state index contributed by atoms with van der Waals surface area (Å²) in [6.07, 6.45) is 12.3. The van der Waals surface area contributed by atoms with Crippen molar-refractivity contribution in [2.75, 3.05) is 27.9 Å². The molecule has 0 spiro atoms. The van der Waals surface area contributed by atoms with Gasteiger partial charge < -0.3 is 43.5 Å². The highest BCUT2D eigenvalue weighted by Crippen LogP contribution is 2.38. The number of para-hydroxylation sites is 1. The third kappa shape index (κ3) is 15.4. The zero-order valence-corrected chi connectivity index (χ0v) is 44.0. The van der Waals surface area contributed by atoms with Gasteiger partial charge in [0, 0.05) is 58.5 Å². The van der Waals surface area contributed by atoms with Crippen LogP contribution < -0.4 is 4.74 Å². The minimum atomic E-state index is -2.43. The Kier molecular flexibility index (Phi) is 22.0. The zero-order chi connectivity index (χ0) is 52.0. The molecular weight excluding hydrogens is 907 g/mol. The molecule has 14 nitrogen and oxygen atoms in total. The molecule has 0 unspecified atom stereocenters. The third-order valence-corrected chi connectivity index (χ3v) is 15.5. The van der Waals surface area contributed by atoms with Gasteiger partial charge in [-0.05, 0) is 119 Å². The minimum Gasteiger partial charge on any atom is -0.488 e. The maximum atomic E-state index is 14.6. The summed E-state index contributed by atoms with van der Waals surface area (Å²) in [7, 11) is 4.65. The van der Waals surface area contributed by atoms with Crippen LogP contribution in [0.25, 0.3) is 0 Å². The standard InChI is InChI=1S/C57H83NO13/c1-35-19-13-11-14-20-36(2)48(66-8)33-44-26-24-41(7)57(65,71-44)54(62)55(63)58-28-18-17-23-45(58)56(64)70-49(34-46(59)37(3)30-40(6)52(61)53(68-10)51(60)39(5)29-35)38(4)31-42-25-27-47(50(32-42)67-9)69-43-21-15-12-16-22-43/h11-16,19-22,30,35,37-39,41-42,44-45,47-50,52-53,61,65H,17-18,23-29,31-34H2,1-10H3/b14-11+,19-13+,36-20+,40-30+/t35-,37-,38-,39-,41-,42+,44+,45+,47-,48+,49+,50-,52-,53+,57-/m1/s1. The summed E-state index contributed by atoms with van der Waals surface area (Å²) in [4.78, 5) is 72.5. The number of ether oxygens (including phenoxy) is 6. The van der Waals surface area contributed by atoms with Crippen LogP contribution in [0.15, 0.2) is 77.9 Å². The number of ketones is 3. The second-order valence-corrected chi connectivity index (χ2v) is 21.0. The molecule has 1 amide bonds. The number of amides is 1. The zero-order valence-electron chi connectivity index (χ0n) is 44.0. The highest BCUT2D eigenvalue weighted by atomic mass is 16.6. The molecule has 1 aromatic carbocycles. The minimum absolute atomic E-state index is 0.0184. The first-order valence-corrected chi connectivity index (χ1v) is 26.0. The van der Waals surface area contributed by atoms with Crippen LogP contribution in [0, 0.1) is 35.5 Å². The van der Waals surface area contributed by atoms with Crippen LogP contribution in [0.5, 0.6) is 5.75 Å². The van der Waals surface area contributed by atoms with Gasteiger partial charge in [-0.15, -0.1) is 0 Å². The number of carbonyl (C=O) groups excluding carboxylic acids is 5. The van der Waals surface area contributed by atoms with Crippen molar-refractivity contribution in [2.45, 2.75) is 180 Å². The number of methoxy groups -OCH3 is 3. The van der Waals surface area contributed by atoms with Crippen molar-refractivity contribution < 1.29 is 62.6 Å². The van der Waals surface area contributed by atoms with Crippen LogP contribution in [0.1, 0.15) is 126 Å². The molecule has 1 aromatic rings. The quantitative estimate of drug-likeness (QED) is 0.144. The molecule has 5 rings (SSSR count). The molecule has 0 radical (unpaired) electrons. The number of Topliss-reactive ketones (excluding diaryl/α,β-unsaturated/α-hetero) is 3. The van der Waals surface area contributed by atoms with Crippen molar-refractivity contribution in [3.63, 3.8) is 0 Å². The molecule has 4 aliphatic rings. The molecule has 3 aliphatic heterocycles. The van der Waals surface area contributed by atoms with E-state index >= 15 is 0 Å². The summed E-state index contributed by atoms with van der Waals surface area (Å²) in [6, 6.07) is 8.49. The Bertz CT molecular complexity index is 2070. The van der Waals surface area contributed by atoms with E-state index in [-0.39, 0.29) is 60.9 Å². The SMILES string of the molecule is CO[C@H]1C[C@@H]2CC[C@@H](C)[C@@](O)(O2)C(=O)C(=O)N2CCCC[C@H]2C(=O)O[C@H]([C@H](C)C[C@@H]2CC[C@@H](Oc3ccccc3)[C@H](OC)C2)CC(=O)[C@H](C)/C=C(\C)[C@@H](O)[C@@H](OC)C(=O)[C@H](C)C[C@H](C)/C=C/C=C/C=C/1C. The first-order chi connectivity index (χ1) is 33.8. The van der Waals surface area contributed by atoms with Gasteiger partial charge in [-0.3, -0.25) is 19.2 Å². The summed E-state index contributed by atoms with van der Waals surface area (Å²) in [5.74, 6) is -7.10. The Morgan fingerprint density at radius 1 is 0.817 bits per heavy atom. The maximum absolute atomic E-state index is 14.6. The molecule has 3 heterocycles. The van der Waals surface area contributed by atoms with Crippen molar-refractivity contribution in [1.82, 2.24) is 4.90 Å². The van der Waals surface area contributed by atoms with E-state index in [9.17, 15) is 34.2 Å². The summed E-state index contributed by atoms with van der Waals surface area (Å²) in [5.41, 5.74) is 1.28. The Morgan fingerprint density at radius 3 is 2.24 bits per heavy atom.